The number of nitrogens with zero attached hydrogens (tertiary/aromatic N) is 2. The third-order valence-electron chi connectivity index (χ3n) is 3.81. The number of hydrogen-bond acceptors (Lipinski definition) is 2. The van der Waals surface area contributed by atoms with Gasteiger partial charge < -0.3 is 10.2 Å². The van der Waals surface area contributed by atoms with Crippen LogP contribution in [0.25, 0.3) is 0 Å². The molecule has 2 amide bonds. The summed E-state index contributed by atoms with van der Waals surface area (Å²) in [6.07, 6.45) is 3.90. The largest absolute Gasteiger partial charge is 0.338 e. The second kappa shape index (κ2) is 8.47. The number of carbonyl (C=O) groups excluding carboxylic acids is 1. The van der Waals surface area contributed by atoms with Crippen LogP contribution in [-0.4, -0.2) is 55.1 Å². The van der Waals surface area contributed by atoms with E-state index in [2.05, 4.69) is 41.1 Å². The van der Waals surface area contributed by atoms with Gasteiger partial charge >= 0.3 is 6.03 Å². The van der Waals surface area contributed by atoms with E-state index in [1.807, 2.05) is 17.0 Å². The van der Waals surface area contributed by atoms with Crippen molar-refractivity contribution in [3.63, 3.8) is 0 Å². The van der Waals surface area contributed by atoms with Crippen molar-refractivity contribution in [2.24, 2.45) is 0 Å². The Morgan fingerprint density at radius 2 is 1.90 bits per heavy atom. The number of nitrogens with one attached hydrogen (secondary N) is 1. The van der Waals surface area contributed by atoms with Gasteiger partial charge in [-0.15, -0.1) is 6.58 Å². The Kier molecular flexibility index (Phi) is 6.28. The van der Waals surface area contributed by atoms with Crippen LogP contribution in [0.1, 0.15) is 12.0 Å². The summed E-state index contributed by atoms with van der Waals surface area (Å²) in [5, 5.41) is 3.02. The van der Waals surface area contributed by atoms with Gasteiger partial charge in [0.25, 0.3) is 0 Å². The quantitative estimate of drug-likeness (QED) is 0.642. The fraction of sp³-hybridized carbons (Fsp3) is 0.471. The van der Waals surface area contributed by atoms with Crippen molar-refractivity contribution in [3.05, 3.63) is 48.6 Å². The monoisotopic (exact) mass is 287 g/mol. The zero-order valence-electron chi connectivity index (χ0n) is 12.6. The predicted molar refractivity (Wildman–Crippen MR) is 86.4 cm³/mol. The van der Waals surface area contributed by atoms with Crippen LogP contribution in [0.15, 0.2) is 43.0 Å². The average molecular weight is 287 g/mol. The molecule has 1 aromatic rings. The molecule has 1 aromatic carbocycles. The molecule has 1 aliphatic rings. The molecule has 1 fully saturated rings. The van der Waals surface area contributed by atoms with Gasteiger partial charge in [-0.1, -0.05) is 36.4 Å². The molecular formula is C17H25N3O. The molecule has 1 N–H and O–H groups in total. The highest BCUT2D eigenvalue weighted by molar-refractivity contribution is 5.74. The van der Waals surface area contributed by atoms with Crippen molar-refractivity contribution in [2.45, 2.75) is 12.8 Å². The van der Waals surface area contributed by atoms with Gasteiger partial charge in [0.05, 0.1) is 0 Å². The van der Waals surface area contributed by atoms with Crippen LogP contribution in [0.2, 0.25) is 0 Å². The average Bonchev–Trinajstić information content (AvgIpc) is 2.53. The van der Waals surface area contributed by atoms with E-state index in [9.17, 15) is 4.79 Å². The van der Waals surface area contributed by atoms with Crippen molar-refractivity contribution in [1.29, 1.82) is 0 Å². The zero-order valence-corrected chi connectivity index (χ0v) is 12.6. The Balaban J connectivity index is 1.61. The highest BCUT2D eigenvalue weighted by atomic mass is 16.2. The summed E-state index contributed by atoms with van der Waals surface area (Å²) in [6, 6.07) is 10.5. The lowest BCUT2D eigenvalue weighted by Gasteiger charge is -2.34. The lowest BCUT2D eigenvalue weighted by atomic mass is 10.1. The number of amides is 2. The summed E-state index contributed by atoms with van der Waals surface area (Å²) in [4.78, 5) is 16.3. The van der Waals surface area contributed by atoms with Crippen LogP contribution in [-0.2, 0) is 6.42 Å². The third kappa shape index (κ3) is 5.23. The fourth-order valence-corrected chi connectivity index (χ4v) is 2.56. The highest BCUT2D eigenvalue weighted by Gasteiger charge is 2.19. The highest BCUT2D eigenvalue weighted by Crippen LogP contribution is 2.03. The molecule has 4 heteroatoms. The molecule has 0 radical (unpaired) electrons. The molecule has 4 nitrogen and oxygen atoms in total. The van der Waals surface area contributed by atoms with Gasteiger partial charge in [0.2, 0.25) is 0 Å². The summed E-state index contributed by atoms with van der Waals surface area (Å²) in [6.45, 7) is 8.87. The molecule has 0 aliphatic carbocycles. The summed E-state index contributed by atoms with van der Waals surface area (Å²) in [7, 11) is 0. The number of carbonyl (C=O) groups is 1. The Labute approximate surface area is 127 Å². The Bertz CT molecular complexity index is 439. The molecule has 2 rings (SSSR count). The minimum atomic E-state index is 0.0707. The fourth-order valence-electron chi connectivity index (χ4n) is 2.56. The summed E-state index contributed by atoms with van der Waals surface area (Å²) in [5.74, 6) is 0. The van der Waals surface area contributed by atoms with Crippen LogP contribution in [0.3, 0.4) is 0 Å². The maximum absolute atomic E-state index is 12.1. The van der Waals surface area contributed by atoms with Gasteiger partial charge in [0.1, 0.15) is 0 Å². The molecule has 0 spiro atoms. The second-order valence-electron chi connectivity index (χ2n) is 5.40. The number of rotatable bonds is 6. The van der Waals surface area contributed by atoms with Gasteiger partial charge in [-0.05, 0) is 18.4 Å². The van der Waals surface area contributed by atoms with Crippen molar-refractivity contribution >= 4 is 6.03 Å². The standard InChI is InChI=1S/C17H25N3O/c1-2-11-19-12-14-20(15-13-19)17(21)18-10-6-9-16-7-4-3-5-8-16/h2-5,7-8H,1,6,9-15H2,(H,18,21). The first-order valence-electron chi connectivity index (χ1n) is 7.69. The normalized spacial score (nSPS) is 15.7. The lowest BCUT2D eigenvalue weighted by molar-refractivity contribution is 0.147. The smallest absolute Gasteiger partial charge is 0.317 e. The molecule has 0 bridgehead atoms. The number of piperazine rings is 1. The predicted octanol–water partition coefficient (Wildman–Crippen LogP) is 2.13. The molecule has 114 valence electrons. The van der Waals surface area contributed by atoms with Gasteiger partial charge in [-0.3, -0.25) is 4.90 Å². The van der Waals surface area contributed by atoms with Crippen molar-refractivity contribution in [1.82, 2.24) is 15.1 Å². The minimum absolute atomic E-state index is 0.0707. The van der Waals surface area contributed by atoms with E-state index in [-0.39, 0.29) is 6.03 Å². The third-order valence-corrected chi connectivity index (χ3v) is 3.81. The van der Waals surface area contributed by atoms with Crippen LogP contribution in [0.5, 0.6) is 0 Å². The van der Waals surface area contributed by atoms with Crippen molar-refractivity contribution < 1.29 is 4.79 Å². The number of hydrogen-bond donors (Lipinski definition) is 1. The number of urea groups is 1. The van der Waals surface area contributed by atoms with Gasteiger partial charge in [-0.2, -0.15) is 0 Å². The van der Waals surface area contributed by atoms with Crippen LogP contribution >= 0.6 is 0 Å². The molecule has 0 atom stereocenters. The summed E-state index contributed by atoms with van der Waals surface area (Å²) >= 11 is 0. The number of benzene rings is 1. The maximum atomic E-state index is 12.1. The van der Waals surface area contributed by atoms with E-state index < -0.39 is 0 Å². The van der Waals surface area contributed by atoms with E-state index in [1.165, 1.54) is 5.56 Å². The first kappa shape index (κ1) is 15.6. The molecule has 21 heavy (non-hydrogen) atoms. The molecular weight excluding hydrogens is 262 g/mol. The van der Waals surface area contributed by atoms with Crippen LogP contribution < -0.4 is 5.32 Å². The molecule has 0 aromatic heterocycles. The van der Waals surface area contributed by atoms with E-state index >= 15 is 0 Å². The zero-order chi connectivity index (χ0) is 14.9. The van der Waals surface area contributed by atoms with Crippen LogP contribution in [0, 0.1) is 0 Å². The van der Waals surface area contributed by atoms with Gasteiger partial charge in [0.15, 0.2) is 0 Å². The molecule has 0 saturated carbocycles. The lowest BCUT2D eigenvalue weighted by Crippen LogP contribution is -2.51. The molecule has 1 aliphatic heterocycles. The number of aryl methyl sites for hydroxylation is 1. The van der Waals surface area contributed by atoms with Crippen molar-refractivity contribution in [2.75, 3.05) is 39.3 Å². The molecule has 1 heterocycles. The Hall–Kier alpha value is -1.81. The van der Waals surface area contributed by atoms with E-state index in [1.54, 1.807) is 0 Å². The molecule has 1 saturated heterocycles. The summed E-state index contributed by atoms with van der Waals surface area (Å²) in [5.41, 5.74) is 1.32. The van der Waals surface area contributed by atoms with E-state index in [0.29, 0.717) is 0 Å². The minimum Gasteiger partial charge on any atom is -0.338 e. The second-order valence-corrected chi connectivity index (χ2v) is 5.40. The topological polar surface area (TPSA) is 35.6 Å². The molecule has 0 unspecified atom stereocenters. The van der Waals surface area contributed by atoms with E-state index in [0.717, 1.165) is 52.1 Å². The summed E-state index contributed by atoms with van der Waals surface area (Å²) < 4.78 is 0. The maximum Gasteiger partial charge on any atom is 0.317 e. The first-order valence-corrected chi connectivity index (χ1v) is 7.69. The van der Waals surface area contributed by atoms with E-state index in [4.69, 9.17) is 0 Å². The van der Waals surface area contributed by atoms with Crippen molar-refractivity contribution in [3.8, 4) is 0 Å². The SMILES string of the molecule is C=CCN1CCN(C(=O)NCCCc2ccccc2)CC1. The first-order chi connectivity index (χ1) is 10.3. The van der Waals surface area contributed by atoms with Gasteiger partial charge in [0, 0.05) is 39.3 Å². The van der Waals surface area contributed by atoms with Gasteiger partial charge in [-0.25, -0.2) is 4.79 Å². The van der Waals surface area contributed by atoms with Crippen LogP contribution in [0.4, 0.5) is 4.79 Å². The Morgan fingerprint density at radius 3 is 2.57 bits per heavy atom. The Morgan fingerprint density at radius 1 is 1.19 bits per heavy atom.